The van der Waals surface area contributed by atoms with E-state index in [2.05, 4.69) is 4.98 Å². The maximum atomic E-state index is 10.8. The van der Waals surface area contributed by atoms with Crippen LogP contribution in [0.5, 0.6) is 5.75 Å². The van der Waals surface area contributed by atoms with Crippen molar-refractivity contribution in [2.75, 3.05) is 5.73 Å². The first-order valence-electron chi connectivity index (χ1n) is 5.23. The van der Waals surface area contributed by atoms with Gasteiger partial charge in [-0.15, -0.1) is 11.3 Å². The summed E-state index contributed by atoms with van der Waals surface area (Å²) in [7, 11) is 0. The molecule has 1 aromatic carbocycles. The van der Waals surface area contributed by atoms with Crippen LogP contribution in [0.25, 0.3) is 0 Å². The molecule has 0 radical (unpaired) electrons. The molecule has 2 rings (SSSR count). The first-order valence-corrected chi connectivity index (χ1v) is 6.11. The Morgan fingerprint density at radius 3 is 2.94 bits per heavy atom. The Labute approximate surface area is 108 Å². The van der Waals surface area contributed by atoms with Gasteiger partial charge in [0.15, 0.2) is 0 Å². The van der Waals surface area contributed by atoms with E-state index in [0.717, 1.165) is 10.7 Å². The van der Waals surface area contributed by atoms with Crippen molar-refractivity contribution >= 4 is 23.0 Å². The number of anilines is 1. The van der Waals surface area contributed by atoms with Gasteiger partial charge < -0.3 is 15.6 Å². The van der Waals surface area contributed by atoms with Gasteiger partial charge in [0.2, 0.25) is 0 Å². The minimum absolute atomic E-state index is 0.147. The predicted molar refractivity (Wildman–Crippen MR) is 69.0 cm³/mol. The number of benzene rings is 1. The third-order valence-corrected chi connectivity index (χ3v) is 3.12. The number of aromatic carboxylic acids is 1. The first-order chi connectivity index (χ1) is 8.56. The van der Waals surface area contributed by atoms with E-state index in [1.165, 1.54) is 29.5 Å². The van der Waals surface area contributed by atoms with E-state index in [0.29, 0.717) is 11.4 Å². The van der Waals surface area contributed by atoms with Gasteiger partial charge in [0.05, 0.1) is 22.0 Å². The van der Waals surface area contributed by atoms with Crippen molar-refractivity contribution in [1.29, 1.82) is 0 Å². The Kier molecular flexibility index (Phi) is 3.47. The summed E-state index contributed by atoms with van der Waals surface area (Å²) in [5.41, 5.74) is 7.08. The molecule has 0 amide bonds. The van der Waals surface area contributed by atoms with Crippen LogP contribution in [0.3, 0.4) is 0 Å². The second kappa shape index (κ2) is 5.05. The third-order valence-electron chi connectivity index (χ3n) is 2.30. The van der Waals surface area contributed by atoms with E-state index in [9.17, 15) is 4.79 Å². The minimum Gasteiger partial charge on any atom is -0.485 e. The highest BCUT2D eigenvalue weighted by atomic mass is 32.1. The molecule has 0 spiro atoms. The van der Waals surface area contributed by atoms with Gasteiger partial charge in [0.25, 0.3) is 0 Å². The maximum Gasteiger partial charge on any atom is 0.335 e. The summed E-state index contributed by atoms with van der Waals surface area (Å²) >= 11 is 1.54. The number of thiazole rings is 1. The zero-order valence-corrected chi connectivity index (χ0v) is 10.5. The molecular formula is C12H12N2O3S. The van der Waals surface area contributed by atoms with Crippen LogP contribution in [0.2, 0.25) is 0 Å². The monoisotopic (exact) mass is 264 g/mol. The van der Waals surface area contributed by atoms with Crippen LogP contribution in [0.4, 0.5) is 5.69 Å². The normalized spacial score (nSPS) is 10.3. The third kappa shape index (κ3) is 2.78. The molecule has 6 heteroatoms. The van der Waals surface area contributed by atoms with Crippen LogP contribution in [0.1, 0.15) is 21.1 Å². The summed E-state index contributed by atoms with van der Waals surface area (Å²) in [5.74, 6) is -0.648. The molecule has 0 saturated carbocycles. The van der Waals surface area contributed by atoms with E-state index in [1.807, 2.05) is 12.3 Å². The fourth-order valence-electron chi connectivity index (χ4n) is 1.42. The lowest BCUT2D eigenvalue weighted by Crippen LogP contribution is -2.02. The summed E-state index contributed by atoms with van der Waals surface area (Å²) in [4.78, 5) is 15.1. The van der Waals surface area contributed by atoms with Crippen LogP contribution >= 0.6 is 11.3 Å². The molecule has 1 heterocycles. The quantitative estimate of drug-likeness (QED) is 0.828. The lowest BCUT2D eigenvalue weighted by atomic mass is 10.2. The summed E-state index contributed by atoms with van der Waals surface area (Å²) in [6, 6.07) is 4.37. The number of hydrogen-bond donors (Lipinski definition) is 2. The SMILES string of the molecule is Cc1nc(COc2cc(C(=O)O)ccc2N)cs1. The fraction of sp³-hybridized carbons (Fsp3) is 0.167. The molecule has 5 nitrogen and oxygen atoms in total. The Hall–Kier alpha value is -2.08. The standard InChI is InChI=1S/C12H12N2O3S/c1-7-14-9(6-18-7)5-17-11-4-8(12(15)16)2-3-10(11)13/h2-4,6H,5,13H2,1H3,(H,15,16). The molecule has 0 fully saturated rings. The van der Waals surface area contributed by atoms with Gasteiger partial charge in [-0.3, -0.25) is 0 Å². The fourth-order valence-corrected chi connectivity index (χ4v) is 2.02. The van der Waals surface area contributed by atoms with Gasteiger partial charge in [-0.1, -0.05) is 0 Å². The number of hydrogen-bond acceptors (Lipinski definition) is 5. The second-order valence-electron chi connectivity index (χ2n) is 3.70. The van der Waals surface area contributed by atoms with Gasteiger partial charge in [-0.05, 0) is 25.1 Å². The summed E-state index contributed by atoms with van der Waals surface area (Å²) in [6.45, 7) is 2.19. The predicted octanol–water partition coefficient (Wildman–Crippen LogP) is 2.31. The molecular weight excluding hydrogens is 252 g/mol. The van der Waals surface area contributed by atoms with Crippen LogP contribution in [0.15, 0.2) is 23.6 Å². The van der Waals surface area contributed by atoms with E-state index in [1.54, 1.807) is 0 Å². The Bertz CT molecular complexity index is 580. The molecule has 0 aliphatic carbocycles. The number of nitrogens with zero attached hydrogens (tertiary/aromatic N) is 1. The summed E-state index contributed by atoms with van der Waals surface area (Å²) in [6.07, 6.45) is 0. The Morgan fingerprint density at radius 1 is 1.56 bits per heavy atom. The molecule has 0 aliphatic heterocycles. The molecule has 0 unspecified atom stereocenters. The number of rotatable bonds is 4. The highest BCUT2D eigenvalue weighted by Crippen LogP contribution is 2.24. The number of nitrogens with two attached hydrogens (primary N) is 1. The number of ether oxygens (including phenoxy) is 1. The Balaban J connectivity index is 2.13. The van der Waals surface area contributed by atoms with Crippen molar-refractivity contribution in [3.05, 3.63) is 39.8 Å². The molecule has 0 atom stereocenters. The molecule has 0 bridgehead atoms. The number of carboxylic acid groups (broad SMARTS) is 1. The van der Waals surface area contributed by atoms with Crippen molar-refractivity contribution in [3.63, 3.8) is 0 Å². The van der Waals surface area contributed by atoms with Crippen molar-refractivity contribution in [1.82, 2.24) is 4.98 Å². The highest BCUT2D eigenvalue weighted by molar-refractivity contribution is 7.09. The molecule has 0 aliphatic rings. The zero-order valence-electron chi connectivity index (χ0n) is 9.71. The van der Waals surface area contributed by atoms with Crippen LogP contribution < -0.4 is 10.5 Å². The lowest BCUT2D eigenvalue weighted by Gasteiger charge is -2.08. The van der Waals surface area contributed by atoms with Crippen LogP contribution in [-0.2, 0) is 6.61 Å². The smallest absolute Gasteiger partial charge is 0.335 e. The van der Waals surface area contributed by atoms with E-state index >= 15 is 0 Å². The van der Waals surface area contributed by atoms with Crippen molar-refractivity contribution in [2.45, 2.75) is 13.5 Å². The Morgan fingerprint density at radius 2 is 2.33 bits per heavy atom. The summed E-state index contributed by atoms with van der Waals surface area (Å²) < 4.78 is 5.48. The number of carboxylic acids is 1. The molecule has 18 heavy (non-hydrogen) atoms. The zero-order chi connectivity index (χ0) is 13.1. The molecule has 94 valence electrons. The average Bonchev–Trinajstić information content (AvgIpc) is 2.74. The molecule has 2 aromatic rings. The largest absolute Gasteiger partial charge is 0.485 e. The number of nitrogen functional groups attached to an aromatic ring is 1. The van der Waals surface area contributed by atoms with Crippen molar-refractivity contribution in [2.24, 2.45) is 0 Å². The highest BCUT2D eigenvalue weighted by Gasteiger charge is 2.08. The first kappa shape index (κ1) is 12.4. The topological polar surface area (TPSA) is 85.4 Å². The van der Waals surface area contributed by atoms with Crippen molar-refractivity contribution in [3.8, 4) is 5.75 Å². The molecule has 0 saturated heterocycles. The van der Waals surface area contributed by atoms with E-state index in [4.69, 9.17) is 15.6 Å². The van der Waals surface area contributed by atoms with Gasteiger partial charge in [0, 0.05) is 5.38 Å². The second-order valence-corrected chi connectivity index (χ2v) is 4.77. The van der Waals surface area contributed by atoms with Gasteiger partial charge in [0.1, 0.15) is 12.4 Å². The molecule has 3 N–H and O–H groups in total. The van der Waals surface area contributed by atoms with Crippen molar-refractivity contribution < 1.29 is 14.6 Å². The maximum absolute atomic E-state index is 10.8. The number of aryl methyl sites for hydroxylation is 1. The summed E-state index contributed by atoms with van der Waals surface area (Å²) in [5, 5.41) is 11.7. The van der Waals surface area contributed by atoms with E-state index in [-0.39, 0.29) is 12.2 Å². The van der Waals surface area contributed by atoms with Crippen LogP contribution in [0, 0.1) is 6.92 Å². The average molecular weight is 264 g/mol. The number of aromatic nitrogens is 1. The van der Waals surface area contributed by atoms with E-state index < -0.39 is 5.97 Å². The molecule has 1 aromatic heterocycles. The minimum atomic E-state index is -1.01. The van der Waals surface area contributed by atoms with Gasteiger partial charge in [-0.2, -0.15) is 0 Å². The van der Waals surface area contributed by atoms with Gasteiger partial charge >= 0.3 is 5.97 Å². The van der Waals surface area contributed by atoms with Crippen LogP contribution in [-0.4, -0.2) is 16.1 Å². The lowest BCUT2D eigenvalue weighted by molar-refractivity contribution is 0.0696. The number of carbonyl (C=O) groups is 1. The van der Waals surface area contributed by atoms with Gasteiger partial charge in [-0.25, -0.2) is 9.78 Å².